The molecule has 30 heavy (non-hydrogen) atoms. The lowest BCUT2D eigenvalue weighted by atomic mass is 10.1. The molecular weight excluding hydrogens is 402 g/mol. The van der Waals surface area contributed by atoms with E-state index in [1.165, 1.54) is 0 Å². The highest BCUT2D eigenvalue weighted by Crippen LogP contribution is 2.32. The third-order valence-corrected chi connectivity index (χ3v) is 6.20. The number of benzene rings is 2. The van der Waals surface area contributed by atoms with Crippen LogP contribution in [0.1, 0.15) is 21.5 Å². The second-order valence-electron chi connectivity index (χ2n) is 7.00. The largest absolute Gasteiger partial charge is 0.497 e. The van der Waals surface area contributed by atoms with Crippen molar-refractivity contribution in [2.24, 2.45) is 0 Å². The van der Waals surface area contributed by atoms with Crippen LogP contribution in [0.5, 0.6) is 5.75 Å². The van der Waals surface area contributed by atoms with E-state index < -0.39 is 10.0 Å². The lowest BCUT2D eigenvalue weighted by Gasteiger charge is -2.18. The van der Waals surface area contributed by atoms with Crippen molar-refractivity contribution in [3.05, 3.63) is 83.7 Å². The van der Waals surface area contributed by atoms with E-state index in [0.717, 1.165) is 17.7 Å². The average molecular weight is 423 g/mol. The summed E-state index contributed by atoms with van der Waals surface area (Å²) in [5.41, 5.74) is 3.36. The SMILES string of the molecule is COc1ccc(CS(=O)(=O)Nc2ccc3c(c2)N(C(=O)c2ccncc2)CC3)cc1. The van der Waals surface area contributed by atoms with Crippen LogP contribution in [0.3, 0.4) is 0 Å². The zero-order valence-corrected chi connectivity index (χ0v) is 17.2. The first-order valence-corrected chi connectivity index (χ1v) is 11.1. The Hall–Kier alpha value is -3.39. The van der Waals surface area contributed by atoms with Crippen molar-refractivity contribution >= 4 is 27.3 Å². The first kappa shape index (κ1) is 19.9. The van der Waals surface area contributed by atoms with Crippen LogP contribution in [0.15, 0.2) is 67.0 Å². The first-order chi connectivity index (χ1) is 14.4. The molecule has 8 heteroatoms. The molecule has 3 aromatic rings. The number of amides is 1. The lowest BCUT2D eigenvalue weighted by molar-refractivity contribution is 0.0989. The molecule has 7 nitrogen and oxygen atoms in total. The predicted molar refractivity (Wildman–Crippen MR) is 115 cm³/mol. The lowest BCUT2D eigenvalue weighted by Crippen LogP contribution is -2.29. The standard InChI is InChI=1S/C22H21N3O4S/c1-29-20-6-2-16(3-7-20)15-30(27,28)24-19-5-4-17-10-13-25(21(17)14-19)22(26)18-8-11-23-12-9-18/h2-9,11-12,14,24H,10,13,15H2,1H3. The molecule has 4 rings (SSSR count). The van der Waals surface area contributed by atoms with Gasteiger partial charge in [0.2, 0.25) is 10.0 Å². The number of pyridine rings is 1. The van der Waals surface area contributed by atoms with Crippen LogP contribution in [0.2, 0.25) is 0 Å². The smallest absolute Gasteiger partial charge is 0.258 e. The van der Waals surface area contributed by atoms with Crippen LogP contribution in [0.4, 0.5) is 11.4 Å². The van der Waals surface area contributed by atoms with Gasteiger partial charge in [-0.25, -0.2) is 8.42 Å². The maximum Gasteiger partial charge on any atom is 0.258 e. The van der Waals surface area contributed by atoms with Crippen molar-refractivity contribution in [3.63, 3.8) is 0 Å². The van der Waals surface area contributed by atoms with E-state index >= 15 is 0 Å². The van der Waals surface area contributed by atoms with E-state index in [9.17, 15) is 13.2 Å². The normalized spacial score (nSPS) is 13.0. The van der Waals surface area contributed by atoms with Gasteiger partial charge < -0.3 is 9.64 Å². The Morgan fingerprint density at radius 2 is 1.83 bits per heavy atom. The Labute approximate surface area is 175 Å². The summed E-state index contributed by atoms with van der Waals surface area (Å²) >= 11 is 0. The van der Waals surface area contributed by atoms with Gasteiger partial charge in [-0.15, -0.1) is 0 Å². The monoisotopic (exact) mass is 423 g/mol. The Kier molecular flexibility index (Phi) is 5.41. The van der Waals surface area contributed by atoms with Crippen LogP contribution in [-0.2, 0) is 22.2 Å². The van der Waals surface area contributed by atoms with Crippen molar-refractivity contribution in [2.45, 2.75) is 12.2 Å². The predicted octanol–water partition coefficient (Wildman–Crippen LogP) is 3.24. The van der Waals surface area contributed by atoms with Gasteiger partial charge in [0.25, 0.3) is 5.91 Å². The van der Waals surface area contributed by atoms with E-state index in [1.807, 2.05) is 6.07 Å². The number of rotatable bonds is 6. The molecule has 1 aliphatic heterocycles. The summed E-state index contributed by atoms with van der Waals surface area (Å²) in [6.07, 6.45) is 3.88. The van der Waals surface area contributed by atoms with Gasteiger partial charge in [0.1, 0.15) is 5.75 Å². The number of methoxy groups -OCH3 is 1. The molecule has 0 spiro atoms. The molecule has 0 fully saturated rings. The van der Waals surface area contributed by atoms with E-state index in [2.05, 4.69) is 9.71 Å². The number of fused-ring (bicyclic) bond motifs is 1. The van der Waals surface area contributed by atoms with E-state index in [4.69, 9.17) is 4.74 Å². The zero-order valence-electron chi connectivity index (χ0n) is 16.4. The maximum absolute atomic E-state index is 12.8. The highest BCUT2D eigenvalue weighted by molar-refractivity contribution is 7.91. The number of aromatic nitrogens is 1. The fourth-order valence-corrected chi connectivity index (χ4v) is 4.65. The molecule has 0 radical (unpaired) electrons. The van der Waals surface area contributed by atoms with Gasteiger partial charge in [0.15, 0.2) is 0 Å². The molecule has 0 saturated carbocycles. The van der Waals surface area contributed by atoms with Crippen molar-refractivity contribution in [1.82, 2.24) is 4.98 Å². The quantitative estimate of drug-likeness (QED) is 0.658. The summed E-state index contributed by atoms with van der Waals surface area (Å²) < 4.78 is 33.0. The van der Waals surface area contributed by atoms with Crippen molar-refractivity contribution in [2.75, 3.05) is 23.3 Å². The number of sulfonamides is 1. The average Bonchev–Trinajstić information content (AvgIpc) is 3.17. The number of carbonyl (C=O) groups excluding carboxylic acids is 1. The van der Waals surface area contributed by atoms with E-state index in [0.29, 0.717) is 29.1 Å². The van der Waals surface area contributed by atoms with Crippen molar-refractivity contribution in [1.29, 1.82) is 0 Å². The molecule has 1 aromatic heterocycles. The highest BCUT2D eigenvalue weighted by Gasteiger charge is 2.26. The molecule has 0 unspecified atom stereocenters. The summed E-state index contributed by atoms with van der Waals surface area (Å²) in [5, 5.41) is 0. The number of nitrogens with one attached hydrogen (secondary N) is 1. The molecule has 154 valence electrons. The minimum Gasteiger partial charge on any atom is -0.497 e. The van der Waals surface area contributed by atoms with Gasteiger partial charge in [0, 0.05) is 30.2 Å². The summed E-state index contributed by atoms with van der Waals surface area (Å²) in [4.78, 5) is 18.5. The fourth-order valence-electron chi connectivity index (χ4n) is 3.46. The molecule has 0 saturated heterocycles. The molecule has 0 bridgehead atoms. The molecule has 1 N–H and O–H groups in total. The second-order valence-corrected chi connectivity index (χ2v) is 8.72. The Balaban J connectivity index is 1.53. The van der Waals surface area contributed by atoms with Crippen LogP contribution < -0.4 is 14.4 Å². The van der Waals surface area contributed by atoms with Gasteiger partial charge >= 0.3 is 0 Å². The minimum atomic E-state index is -3.62. The summed E-state index contributed by atoms with van der Waals surface area (Å²) in [7, 11) is -2.06. The zero-order chi connectivity index (χ0) is 21.1. The minimum absolute atomic E-state index is 0.130. The van der Waals surface area contributed by atoms with Crippen molar-refractivity contribution in [3.8, 4) is 5.75 Å². The van der Waals surface area contributed by atoms with Gasteiger partial charge in [-0.05, 0) is 53.9 Å². The third kappa shape index (κ3) is 4.28. The second kappa shape index (κ2) is 8.16. The van der Waals surface area contributed by atoms with Crippen LogP contribution in [0.25, 0.3) is 0 Å². The Bertz CT molecular complexity index is 1160. The summed E-state index contributed by atoms with van der Waals surface area (Å²) in [6.45, 7) is 0.554. The number of hydrogen-bond donors (Lipinski definition) is 1. The summed E-state index contributed by atoms with van der Waals surface area (Å²) in [6, 6.07) is 15.5. The molecule has 2 aromatic carbocycles. The Morgan fingerprint density at radius 3 is 2.53 bits per heavy atom. The summed E-state index contributed by atoms with van der Waals surface area (Å²) in [5.74, 6) is 0.379. The molecule has 1 amide bonds. The van der Waals surface area contributed by atoms with Crippen LogP contribution >= 0.6 is 0 Å². The van der Waals surface area contributed by atoms with Gasteiger partial charge in [-0.3, -0.25) is 14.5 Å². The highest BCUT2D eigenvalue weighted by atomic mass is 32.2. The van der Waals surface area contributed by atoms with Crippen LogP contribution in [0, 0.1) is 0 Å². The Morgan fingerprint density at radius 1 is 1.10 bits per heavy atom. The number of ether oxygens (including phenoxy) is 1. The molecular formula is C22H21N3O4S. The fraction of sp³-hybridized carbons (Fsp3) is 0.182. The van der Waals surface area contributed by atoms with Crippen LogP contribution in [-0.4, -0.2) is 33.0 Å². The third-order valence-electron chi connectivity index (χ3n) is 4.94. The van der Waals surface area contributed by atoms with E-state index in [-0.39, 0.29) is 11.7 Å². The molecule has 1 aliphatic rings. The molecule has 0 aliphatic carbocycles. The number of anilines is 2. The molecule has 2 heterocycles. The van der Waals surface area contributed by atoms with Gasteiger partial charge in [-0.2, -0.15) is 0 Å². The molecule has 0 atom stereocenters. The maximum atomic E-state index is 12.8. The number of hydrogen-bond acceptors (Lipinski definition) is 5. The van der Waals surface area contributed by atoms with Crippen molar-refractivity contribution < 1.29 is 17.9 Å². The van der Waals surface area contributed by atoms with Gasteiger partial charge in [-0.1, -0.05) is 18.2 Å². The number of carbonyl (C=O) groups is 1. The van der Waals surface area contributed by atoms with Gasteiger partial charge in [0.05, 0.1) is 18.6 Å². The first-order valence-electron chi connectivity index (χ1n) is 9.43. The topological polar surface area (TPSA) is 88.6 Å². The number of nitrogens with zero attached hydrogens (tertiary/aromatic N) is 2. The van der Waals surface area contributed by atoms with E-state index in [1.54, 1.807) is 72.9 Å².